The van der Waals surface area contributed by atoms with E-state index in [9.17, 15) is 22.0 Å². The molecule has 1 unspecified atom stereocenters. The van der Waals surface area contributed by atoms with Crippen LogP contribution < -0.4 is 10.0 Å². The molecule has 9 heteroatoms. The smallest absolute Gasteiger partial charge is 0.255 e. The maximum absolute atomic E-state index is 14.2. The van der Waals surface area contributed by atoms with Crippen LogP contribution in [0.15, 0.2) is 41.3 Å². The Hall–Kier alpha value is -2.36. The number of hydrogen-bond donors (Lipinski definition) is 2. The monoisotopic (exact) mass is 438 g/mol. The zero-order chi connectivity index (χ0) is 22.1. The summed E-state index contributed by atoms with van der Waals surface area (Å²) in [6, 6.07) is 7.63. The van der Waals surface area contributed by atoms with E-state index in [2.05, 4.69) is 10.0 Å². The molecule has 0 aromatic heterocycles. The molecule has 3 rings (SSSR count). The van der Waals surface area contributed by atoms with E-state index in [4.69, 9.17) is 4.74 Å². The highest BCUT2D eigenvalue weighted by atomic mass is 32.2. The van der Waals surface area contributed by atoms with E-state index in [-0.39, 0.29) is 27.6 Å². The molecule has 0 aliphatic carbocycles. The van der Waals surface area contributed by atoms with E-state index in [0.717, 1.165) is 12.1 Å². The summed E-state index contributed by atoms with van der Waals surface area (Å²) in [4.78, 5) is 12.5. The van der Waals surface area contributed by atoms with Crippen LogP contribution in [0.1, 0.15) is 36.2 Å². The number of sulfonamides is 1. The van der Waals surface area contributed by atoms with Crippen LogP contribution in [0.25, 0.3) is 0 Å². The Morgan fingerprint density at radius 2 is 1.97 bits per heavy atom. The topological polar surface area (TPSA) is 84.5 Å². The summed E-state index contributed by atoms with van der Waals surface area (Å²) in [5.74, 6) is -2.34. The van der Waals surface area contributed by atoms with Crippen LogP contribution in [0.3, 0.4) is 0 Å². The molecule has 0 saturated carbocycles. The van der Waals surface area contributed by atoms with Gasteiger partial charge in [-0.1, -0.05) is 13.0 Å². The van der Waals surface area contributed by atoms with Gasteiger partial charge < -0.3 is 10.1 Å². The SMILES string of the molecule is Cc1c(F)ccc(NC(=O)c2cccc(S(=O)(=O)N[C@@]3(C)CCOCC3C)c2)c1F. The number of anilines is 1. The van der Waals surface area contributed by atoms with E-state index in [1.807, 2.05) is 13.8 Å². The first-order valence-corrected chi connectivity index (χ1v) is 11.0. The Kier molecular flexibility index (Phi) is 6.26. The molecule has 0 bridgehead atoms. The molecule has 1 amide bonds. The third-order valence-electron chi connectivity index (χ3n) is 5.56. The molecular formula is C21H24F2N2O4S. The van der Waals surface area contributed by atoms with E-state index >= 15 is 0 Å². The number of halogens is 2. The van der Waals surface area contributed by atoms with Gasteiger partial charge in [-0.15, -0.1) is 0 Å². The zero-order valence-corrected chi connectivity index (χ0v) is 17.8. The number of rotatable bonds is 5. The average Bonchev–Trinajstić information content (AvgIpc) is 2.70. The first-order chi connectivity index (χ1) is 14.0. The van der Waals surface area contributed by atoms with Crippen LogP contribution in [0.4, 0.5) is 14.5 Å². The Labute approximate surface area is 174 Å². The van der Waals surface area contributed by atoms with Gasteiger partial charge in [0.05, 0.1) is 17.2 Å². The van der Waals surface area contributed by atoms with Crippen molar-refractivity contribution >= 4 is 21.6 Å². The average molecular weight is 438 g/mol. The van der Waals surface area contributed by atoms with Gasteiger partial charge in [-0.05, 0) is 56.5 Å². The molecule has 1 heterocycles. The summed E-state index contributed by atoms with van der Waals surface area (Å²) >= 11 is 0. The minimum absolute atomic E-state index is 0.0304. The summed E-state index contributed by atoms with van der Waals surface area (Å²) in [5.41, 5.74) is -1.05. The Balaban J connectivity index is 1.83. The zero-order valence-electron chi connectivity index (χ0n) is 17.0. The highest BCUT2D eigenvalue weighted by molar-refractivity contribution is 7.89. The van der Waals surface area contributed by atoms with Crippen molar-refractivity contribution in [3.63, 3.8) is 0 Å². The van der Waals surface area contributed by atoms with Crippen LogP contribution in [0.2, 0.25) is 0 Å². The summed E-state index contributed by atoms with van der Waals surface area (Å²) in [5, 5.41) is 2.36. The van der Waals surface area contributed by atoms with Gasteiger partial charge in [0.2, 0.25) is 10.0 Å². The number of benzene rings is 2. The molecule has 1 aliphatic rings. The molecule has 162 valence electrons. The Morgan fingerprint density at radius 1 is 1.23 bits per heavy atom. The quantitative estimate of drug-likeness (QED) is 0.747. The van der Waals surface area contributed by atoms with E-state index in [0.29, 0.717) is 19.6 Å². The summed E-state index contributed by atoms with van der Waals surface area (Å²) in [6.45, 7) is 5.90. The second-order valence-electron chi connectivity index (χ2n) is 7.76. The molecule has 2 atom stereocenters. The van der Waals surface area contributed by atoms with Crippen molar-refractivity contribution in [2.45, 2.75) is 37.6 Å². The van der Waals surface area contributed by atoms with Crippen molar-refractivity contribution in [3.8, 4) is 0 Å². The molecular weight excluding hydrogens is 414 g/mol. The lowest BCUT2D eigenvalue weighted by molar-refractivity contribution is 0.0100. The second kappa shape index (κ2) is 8.41. The van der Waals surface area contributed by atoms with Crippen molar-refractivity contribution in [2.75, 3.05) is 18.5 Å². The fourth-order valence-electron chi connectivity index (χ4n) is 3.25. The van der Waals surface area contributed by atoms with Crippen LogP contribution in [-0.2, 0) is 14.8 Å². The van der Waals surface area contributed by atoms with Gasteiger partial charge in [-0.3, -0.25) is 4.79 Å². The summed E-state index contributed by atoms with van der Waals surface area (Å²) < 4.78 is 61.6. The predicted octanol–water partition coefficient (Wildman–Crippen LogP) is 3.62. The van der Waals surface area contributed by atoms with Crippen LogP contribution in [0, 0.1) is 24.5 Å². The first kappa shape index (κ1) is 22.3. The normalized spacial score (nSPS) is 22.0. The molecule has 1 fully saturated rings. The molecule has 1 saturated heterocycles. The minimum Gasteiger partial charge on any atom is -0.381 e. The Bertz CT molecular complexity index is 1070. The van der Waals surface area contributed by atoms with Gasteiger partial charge in [-0.2, -0.15) is 0 Å². The van der Waals surface area contributed by atoms with Gasteiger partial charge >= 0.3 is 0 Å². The van der Waals surface area contributed by atoms with E-state index in [1.54, 1.807) is 0 Å². The molecule has 0 radical (unpaired) electrons. The van der Waals surface area contributed by atoms with Crippen molar-refractivity contribution in [1.82, 2.24) is 4.72 Å². The maximum Gasteiger partial charge on any atom is 0.255 e. The fourth-order valence-corrected chi connectivity index (χ4v) is 4.82. The number of amides is 1. The predicted molar refractivity (Wildman–Crippen MR) is 109 cm³/mol. The van der Waals surface area contributed by atoms with Gasteiger partial charge in [0.25, 0.3) is 5.91 Å². The number of nitrogens with one attached hydrogen (secondary N) is 2. The number of hydrogen-bond acceptors (Lipinski definition) is 4. The van der Waals surface area contributed by atoms with E-state index < -0.39 is 33.1 Å². The van der Waals surface area contributed by atoms with Crippen LogP contribution in [-0.4, -0.2) is 33.1 Å². The third kappa shape index (κ3) is 4.53. The molecule has 2 aromatic carbocycles. The maximum atomic E-state index is 14.2. The molecule has 30 heavy (non-hydrogen) atoms. The number of carbonyl (C=O) groups excluding carboxylic acids is 1. The van der Waals surface area contributed by atoms with Crippen molar-refractivity contribution < 1.29 is 26.7 Å². The molecule has 6 nitrogen and oxygen atoms in total. The first-order valence-electron chi connectivity index (χ1n) is 9.51. The van der Waals surface area contributed by atoms with Crippen molar-refractivity contribution in [2.24, 2.45) is 5.92 Å². The lowest BCUT2D eigenvalue weighted by Gasteiger charge is -2.39. The highest BCUT2D eigenvalue weighted by Crippen LogP contribution is 2.28. The second-order valence-corrected chi connectivity index (χ2v) is 9.45. The molecule has 1 aliphatic heterocycles. The molecule has 2 aromatic rings. The highest BCUT2D eigenvalue weighted by Gasteiger charge is 2.38. The number of carbonyl (C=O) groups is 1. The van der Waals surface area contributed by atoms with Crippen LogP contribution >= 0.6 is 0 Å². The molecule has 0 spiro atoms. The van der Waals surface area contributed by atoms with Gasteiger partial charge in [0, 0.05) is 23.3 Å². The summed E-state index contributed by atoms with van der Waals surface area (Å²) in [6.07, 6.45) is 0.525. The lowest BCUT2D eigenvalue weighted by Crippen LogP contribution is -2.54. The van der Waals surface area contributed by atoms with Crippen molar-refractivity contribution in [1.29, 1.82) is 0 Å². The fraction of sp³-hybridized carbons (Fsp3) is 0.381. The van der Waals surface area contributed by atoms with Gasteiger partial charge in [0.1, 0.15) is 5.82 Å². The lowest BCUT2D eigenvalue weighted by atomic mass is 9.84. The third-order valence-corrected chi connectivity index (χ3v) is 7.17. The minimum atomic E-state index is -3.91. The Morgan fingerprint density at radius 3 is 2.67 bits per heavy atom. The van der Waals surface area contributed by atoms with Crippen LogP contribution in [0.5, 0.6) is 0 Å². The standard InChI is InChI=1S/C21H24F2N2O4S/c1-13-12-29-10-9-21(13,3)25-30(27,28)16-6-4-5-15(11-16)20(26)24-18-8-7-17(22)14(2)19(18)23/h4-8,11,13,25H,9-10,12H2,1-3H3,(H,24,26)/t13?,21-/m0/s1. The summed E-state index contributed by atoms with van der Waals surface area (Å²) in [7, 11) is -3.91. The number of ether oxygens (including phenoxy) is 1. The van der Waals surface area contributed by atoms with Gasteiger partial charge in [0.15, 0.2) is 5.82 Å². The van der Waals surface area contributed by atoms with Crippen molar-refractivity contribution in [3.05, 3.63) is 59.2 Å². The largest absolute Gasteiger partial charge is 0.381 e. The van der Waals surface area contributed by atoms with Gasteiger partial charge in [-0.25, -0.2) is 21.9 Å². The molecule has 2 N–H and O–H groups in total. The van der Waals surface area contributed by atoms with E-state index in [1.165, 1.54) is 31.2 Å².